The molecule has 0 amide bonds. The SMILES string of the molecule is COC(=O)c1n[nH]c2c(F)ccc(C)c12. The average Bonchev–Trinajstić information content (AvgIpc) is 2.68. The van der Waals surface area contributed by atoms with Crippen molar-refractivity contribution < 1.29 is 13.9 Å². The van der Waals surface area contributed by atoms with Gasteiger partial charge in [0, 0.05) is 5.39 Å². The van der Waals surface area contributed by atoms with Crippen LogP contribution >= 0.6 is 0 Å². The Labute approximate surface area is 85.0 Å². The highest BCUT2D eigenvalue weighted by Crippen LogP contribution is 2.23. The fourth-order valence-electron chi connectivity index (χ4n) is 1.51. The number of aromatic nitrogens is 2. The Hall–Kier alpha value is -1.91. The van der Waals surface area contributed by atoms with Crippen LogP contribution in [0.25, 0.3) is 10.9 Å². The molecule has 1 heterocycles. The van der Waals surface area contributed by atoms with Crippen molar-refractivity contribution in [3.05, 3.63) is 29.2 Å². The largest absolute Gasteiger partial charge is 0.464 e. The van der Waals surface area contributed by atoms with Crippen molar-refractivity contribution in [2.24, 2.45) is 0 Å². The van der Waals surface area contributed by atoms with Crippen LogP contribution in [-0.4, -0.2) is 23.3 Å². The van der Waals surface area contributed by atoms with Gasteiger partial charge >= 0.3 is 5.97 Å². The number of esters is 1. The molecule has 0 atom stereocenters. The number of hydrogen-bond donors (Lipinski definition) is 1. The van der Waals surface area contributed by atoms with Gasteiger partial charge < -0.3 is 4.74 Å². The van der Waals surface area contributed by atoms with E-state index < -0.39 is 11.8 Å². The molecular formula is C10H9FN2O2. The second-order valence-corrected chi connectivity index (χ2v) is 3.18. The monoisotopic (exact) mass is 208 g/mol. The molecule has 2 rings (SSSR count). The highest BCUT2D eigenvalue weighted by Gasteiger charge is 2.18. The van der Waals surface area contributed by atoms with Gasteiger partial charge in [0.1, 0.15) is 11.3 Å². The lowest BCUT2D eigenvalue weighted by Crippen LogP contribution is -2.02. The second-order valence-electron chi connectivity index (χ2n) is 3.18. The van der Waals surface area contributed by atoms with Gasteiger partial charge in [-0.1, -0.05) is 6.07 Å². The van der Waals surface area contributed by atoms with E-state index >= 15 is 0 Å². The Morgan fingerprint density at radius 3 is 2.93 bits per heavy atom. The maximum atomic E-state index is 13.3. The predicted molar refractivity (Wildman–Crippen MR) is 52.1 cm³/mol. The maximum Gasteiger partial charge on any atom is 0.359 e. The van der Waals surface area contributed by atoms with E-state index in [0.717, 1.165) is 5.56 Å². The van der Waals surface area contributed by atoms with Crippen LogP contribution in [0.3, 0.4) is 0 Å². The molecule has 0 unspecified atom stereocenters. The van der Waals surface area contributed by atoms with Crippen LogP contribution in [0.1, 0.15) is 16.1 Å². The molecule has 0 aliphatic heterocycles. The van der Waals surface area contributed by atoms with Gasteiger partial charge in [-0.05, 0) is 18.6 Å². The van der Waals surface area contributed by atoms with E-state index in [-0.39, 0.29) is 11.2 Å². The Kier molecular flexibility index (Phi) is 2.15. The number of aryl methyl sites for hydroxylation is 1. The van der Waals surface area contributed by atoms with Gasteiger partial charge in [-0.2, -0.15) is 5.10 Å². The minimum atomic E-state index is -0.574. The third kappa shape index (κ3) is 1.36. The fraction of sp³-hybridized carbons (Fsp3) is 0.200. The lowest BCUT2D eigenvalue weighted by molar-refractivity contribution is 0.0596. The van der Waals surface area contributed by atoms with Crippen molar-refractivity contribution in [1.29, 1.82) is 0 Å². The number of methoxy groups -OCH3 is 1. The van der Waals surface area contributed by atoms with Crippen molar-refractivity contribution in [3.8, 4) is 0 Å². The van der Waals surface area contributed by atoms with Crippen LogP contribution in [0.2, 0.25) is 0 Å². The lowest BCUT2D eigenvalue weighted by atomic mass is 10.1. The zero-order valence-corrected chi connectivity index (χ0v) is 8.30. The molecule has 0 saturated heterocycles. The van der Waals surface area contributed by atoms with Gasteiger partial charge in [-0.15, -0.1) is 0 Å². The number of halogens is 1. The number of aromatic amines is 1. The average molecular weight is 208 g/mol. The van der Waals surface area contributed by atoms with Crippen LogP contribution in [0.5, 0.6) is 0 Å². The lowest BCUT2D eigenvalue weighted by Gasteiger charge is -1.98. The van der Waals surface area contributed by atoms with Gasteiger partial charge in [-0.3, -0.25) is 5.10 Å². The molecular weight excluding hydrogens is 199 g/mol. The summed E-state index contributed by atoms with van der Waals surface area (Å²) in [5.41, 5.74) is 1.13. The van der Waals surface area contributed by atoms with Gasteiger partial charge in [0.25, 0.3) is 0 Å². The summed E-state index contributed by atoms with van der Waals surface area (Å²) < 4.78 is 17.9. The van der Waals surface area contributed by atoms with Gasteiger partial charge in [0.15, 0.2) is 5.69 Å². The summed E-state index contributed by atoms with van der Waals surface area (Å²) in [5, 5.41) is 6.71. The molecule has 4 nitrogen and oxygen atoms in total. The first-order valence-corrected chi connectivity index (χ1v) is 4.36. The first-order valence-electron chi connectivity index (χ1n) is 4.36. The van der Waals surface area contributed by atoms with Gasteiger partial charge in [-0.25, -0.2) is 9.18 Å². The summed E-state index contributed by atoms with van der Waals surface area (Å²) in [5.74, 6) is -1.01. The zero-order chi connectivity index (χ0) is 11.0. The third-order valence-corrected chi connectivity index (χ3v) is 2.26. The van der Waals surface area contributed by atoms with Crippen LogP contribution < -0.4 is 0 Å². The number of carbonyl (C=O) groups excluding carboxylic acids is 1. The Morgan fingerprint density at radius 1 is 1.53 bits per heavy atom. The molecule has 15 heavy (non-hydrogen) atoms. The number of nitrogens with zero attached hydrogens (tertiary/aromatic N) is 1. The minimum absolute atomic E-state index is 0.115. The van der Waals surface area contributed by atoms with Crippen molar-refractivity contribution in [2.75, 3.05) is 7.11 Å². The zero-order valence-electron chi connectivity index (χ0n) is 8.30. The summed E-state index contributed by atoms with van der Waals surface area (Å²) in [7, 11) is 1.26. The van der Waals surface area contributed by atoms with E-state index in [1.165, 1.54) is 13.2 Å². The summed E-state index contributed by atoms with van der Waals surface area (Å²) in [4.78, 5) is 11.3. The summed E-state index contributed by atoms with van der Waals surface area (Å²) in [6, 6.07) is 2.93. The fourth-order valence-corrected chi connectivity index (χ4v) is 1.51. The Bertz CT molecular complexity index is 533. The topological polar surface area (TPSA) is 55.0 Å². The molecule has 0 aliphatic rings. The van der Waals surface area contributed by atoms with Crippen molar-refractivity contribution in [2.45, 2.75) is 6.92 Å². The second kappa shape index (κ2) is 3.34. The van der Waals surface area contributed by atoms with Crippen LogP contribution in [0.15, 0.2) is 12.1 Å². The standard InChI is InChI=1S/C10H9FN2O2/c1-5-3-4-6(11)8-7(5)9(13-12-8)10(14)15-2/h3-4H,1-2H3,(H,12,13). The summed E-state index contributed by atoms with van der Waals surface area (Å²) in [6.45, 7) is 1.78. The highest BCUT2D eigenvalue weighted by molar-refractivity contribution is 6.03. The van der Waals surface area contributed by atoms with E-state index in [1.807, 2.05) is 0 Å². The third-order valence-electron chi connectivity index (χ3n) is 2.26. The molecule has 0 fully saturated rings. The number of rotatable bonds is 1. The van der Waals surface area contributed by atoms with Crippen LogP contribution in [0.4, 0.5) is 4.39 Å². The first kappa shape index (κ1) is 9.64. The molecule has 0 bridgehead atoms. The van der Waals surface area contributed by atoms with Crippen molar-refractivity contribution in [3.63, 3.8) is 0 Å². The van der Waals surface area contributed by atoms with E-state index in [4.69, 9.17) is 0 Å². The van der Waals surface area contributed by atoms with E-state index in [9.17, 15) is 9.18 Å². The van der Waals surface area contributed by atoms with E-state index in [1.54, 1.807) is 13.0 Å². The molecule has 1 N–H and O–H groups in total. The molecule has 0 spiro atoms. The summed E-state index contributed by atoms with van der Waals surface area (Å²) in [6.07, 6.45) is 0. The quantitative estimate of drug-likeness (QED) is 0.727. The van der Waals surface area contributed by atoms with Crippen molar-refractivity contribution in [1.82, 2.24) is 10.2 Å². The minimum Gasteiger partial charge on any atom is -0.464 e. The number of benzene rings is 1. The number of nitrogens with one attached hydrogen (secondary N) is 1. The highest BCUT2D eigenvalue weighted by atomic mass is 19.1. The number of H-pyrrole nitrogens is 1. The molecule has 78 valence electrons. The van der Waals surface area contributed by atoms with E-state index in [2.05, 4.69) is 14.9 Å². The number of hydrogen-bond acceptors (Lipinski definition) is 3. The molecule has 1 aromatic heterocycles. The molecule has 1 aromatic carbocycles. The first-order chi connectivity index (χ1) is 7.15. The number of fused-ring (bicyclic) bond motifs is 1. The molecule has 0 aliphatic carbocycles. The normalized spacial score (nSPS) is 10.6. The Morgan fingerprint density at radius 2 is 2.27 bits per heavy atom. The summed E-state index contributed by atoms with van der Waals surface area (Å²) >= 11 is 0. The number of ether oxygens (including phenoxy) is 1. The molecule has 5 heteroatoms. The predicted octanol–water partition coefficient (Wildman–Crippen LogP) is 1.80. The number of carbonyl (C=O) groups is 1. The molecule has 0 saturated carbocycles. The maximum absolute atomic E-state index is 13.3. The molecule has 2 aromatic rings. The molecule has 0 radical (unpaired) electrons. The Balaban J connectivity index is 2.79. The van der Waals surface area contributed by atoms with Crippen molar-refractivity contribution >= 4 is 16.9 Å². The van der Waals surface area contributed by atoms with Gasteiger partial charge in [0.05, 0.1) is 7.11 Å². The van der Waals surface area contributed by atoms with Crippen LogP contribution in [0, 0.1) is 12.7 Å². The van der Waals surface area contributed by atoms with E-state index in [0.29, 0.717) is 5.39 Å². The van der Waals surface area contributed by atoms with Crippen LogP contribution in [-0.2, 0) is 4.74 Å². The smallest absolute Gasteiger partial charge is 0.359 e. The van der Waals surface area contributed by atoms with Gasteiger partial charge in [0.2, 0.25) is 0 Å².